The SMILES string of the molecule is CCNC(=NCc1ccccc1CC)NCCNc1ncnc2c1cnn2C. The van der Waals surface area contributed by atoms with Crippen molar-refractivity contribution in [1.29, 1.82) is 0 Å². The first-order chi connectivity index (χ1) is 13.7. The quantitative estimate of drug-likeness (QED) is 0.315. The van der Waals surface area contributed by atoms with E-state index < -0.39 is 0 Å². The number of hydrogen-bond donors (Lipinski definition) is 3. The number of hydrogen-bond acceptors (Lipinski definition) is 5. The third-order valence-corrected chi connectivity index (χ3v) is 4.49. The van der Waals surface area contributed by atoms with Crippen molar-refractivity contribution in [1.82, 2.24) is 30.4 Å². The summed E-state index contributed by atoms with van der Waals surface area (Å²) in [6.45, 7) is 7.13. The molecule has 148 valence electrons. The second-order valence-electron chi connectivity index (χ2n) is 6.40. The smallest absolute Gasteiger partial charge is 0.191 e. The Bertz CT molecular complexity index is 931. The molecule has 0 fully saturated rings. The number of anilines is 1. The van der Waals surface area contributed by atoms with Crippen molar-refractivity contribution < 1.29 is 0 Å². The van der Waals surface area contributed by atoms with Gasteiger partial charge in [0, 0.05) is 26.7 Å². The minimum absolute atomic E-state index is 0.662. The zero-order valence-electron chi connectivity index (χ0n) is 16.7. The van der Waals surface area contributed by atoms with Crippen molar-refractivity contribution in [3.8, 4) is 0 Å². The van der Waals surface area contributed by atoms with Crippen molar-refractivity contribution in [2.24, 2.45) is 12.0 Å². The molecule has 2 aromatic heterocycles. The Balaban J connectivity index is 1.56. The number of aliphatic imine (C=N–C) groups is 1. The fraction of sp³-hybridized carbons (Fsp3) is 0.400. The number of rotatable bonds is 8. The summed E-state index contributed by atoms with van der Waals surface area (Å²) in [5.74, 6) is 1.60. The molecule has 0 aliphatic rings. The highest BCUT2D eigenvalue weighted by atomic mass is 15.3. The summed E-state index contributed by atoms with van der Waals surface area (Å²) in [5, 5.41) is 15.2. The van der Waals surface area contributed by atoms with Crippen LogP contribution in [0.5, 0.6) is 0 Å². The van der Waals surface area contributed by atoms with E-state index in [4.69, 9.17) is 4.99 Å². The van der Waals surface area contributed by atoms with Crippen LogP contribution in [0.2, 0.25) is 0 Å². The number of aromatic nitrogens is 4. The summed E-state index contributed by atoms with van der Waals surface area (Å²) in [4.78, 5) is 13.3. The topological polar surface area (TPSA) is 92.1 Å². The van der Waals surface area contributed by atoms with E-state index in [1.54, 1.807) is 17.2 Å². The van der Waals surface area contributed by atoms with Crippen molar-refractivity contribution in [2.45, 2.75) is 26.8 Å². The lowest BCUT2D eigenvalue weighted by atomic mass is 10.1. The number of guanidine groups is 1. The molecule has 3 aromatic rings. The maximum Gasteiger partial charge on any atom is 0.191 e. The number of aryl methyl sites for hydroxylation is 2. The van der Waals surface area contributed by atoms with E-state index in [0.717, 1.165) is 35.8 Å². The van der Waals surface area contributed by atoms with Crippen LogP contribution in [0.25, 0.3) is 11.0 Å². The first kappa shape index (κ1) is 19.6. The molecule has 0 atom stereocenters. The van der Waals surface area contributed by atoms with Crippen LogP contribution < -0.4 is 16.0 Å². The molecule has 0 unspecified atom stereocenters. The summed E-state index contributed by atoms with van der Waals surface area (Å²) >= 11 is 0. The van der Waals surface area contributed by atoms with Crippen LogP contribution in [0.4, 0.5) is 5.82 Å². The molecule has 2 heterocycles. The highest BCUT2D eigenvalue weighted by Gasteiger charge is 2.07. The summed E-state index contributed by atoms with van der Waals surface area (Å²) in [6, 6.07) is 8.44. The van der Waals surface area contributed by atoms with Gasteiger partial charge in [-0.1, -0.05) is 31.2 Å². The molecular weight excluding hydrogens is 352 g/mol. The van der Waals surface area contributed by atoms with Crippen LogP contribution in [-0.4, -0.2) is 45.3 Å². The minimum atomic E-state index is 0.662. The van der Waals surface area contributed by atoms with Gasteiger partial charge in [-0.2, -0.15) is 5.10 Å². The first-order valence-corrected chi connectivity index (χ1v) is 9.68. The Morgan fingerprint density at radius 1 is 1.07 bits per heavy atom. The zero-order valence-corrected chi connectivity index (χ0v) is 16.7. The second kappa shape index (κ2) is 9.68. The molecule has 0 spiro atoms. The van der Waals surface area contributed by atoms with Gasteiger partial charge in [-0.15, -0.1) is 0 Å². The Kier molecular flexibility index (Phi) is 6.78. The number of fused-ring (bicyclic) bond motifs is 1. The van der Waals surface area contributed by atoms with Crippen LogP contribution in [0.15, 0.2) is 41.8 Å². The van der Waals surface area contributed by atoms with Crippen LogP contribution in [0, 0.1) is 0 Å². The van der Waals surface area contributed by atoms with Gasteiger partial charge in [0.25, 0.3) is 0 Å². The second-order valence-corrected chi connectivity index (χ2v) is 6.40. The van der Waals surface area contributed by atoms with Crippen LogP contribution in [0.1, 0.15) is 25.0 Å². The van der Waals surface area contributed by atoms with E-state index in [1.165, 1.54) is 11.1 Å². The molecule has 8 nitrogen and oxygen atoms in total. The summed E-state index contributed by atoms with van der Waals surface area (Å²) in [5.41, 5.74) is 3.42. The fourth-order valence-electron chi connectivity index (χ4n) is 3.03. The van der Waals surface area contributed by atoms with Crippen molar-refractivity contribution in [2.75, 3.05) is 25.0 Å². The molecule has 0 saturated heterocycles. The molecule has 3 N–H and O–H groups in total. The third kappa shape index (κ3) is 4.76. The highest BCUT2D eigenvalue weighted by Crippen LogP contribution is 2.17. The predicted octanol–water partition coefficient (Wildman–Crippen LogP) is 2.09. The molecule has 0 aliphatic carbocycles. The molecule has 0 aliphatic heterocycles. The summed E-state index contributed by atoms with van der Waals surface area (Å²) in [6.07, 6.45) is 4.35. The molecular formula is C20H28N8. The van der Waals surface area contributed by atoms with E-state index in [2.05, 4.69) is 69.1 Å². The van der Waals surface area contributed by atoms with Gasteiger partial charge in [0.2, 0.25) is 0 Å². The molecule has 0 radical (unpaired) electrons. The molecule has 28 heavy (non-hydrogen) atoms. The number of nitrogens with one attached hydrogen (secondary N) is 3. The third-order valence-electron chi connectivity index (χ3n) is 4.49. The Morgan fingerprint density at radius 3 is 2.68 bits per heavy atom. The van der Waals surface area contributed by atoms with Gasteiger partial charge < -0.3 is 16.0 Å². The minimum Gasteiger partial charge on any atom is -0.368 e. The standard InChI is InChI=1S/C20H28N8/c1-4-15-8-6-7-9-16(15)12-24-20(21-5-2)23-11-10-22-18-17-13-27-28(3)19(17)26-14-25-18/h6-9,13-14H,4-5,10-12H2,1-3H3,(H2,21,23,24)(H,22,25,26). The molecule has 0 bridgehead atoms. The Morgan fingerprint density at radius 2 is 1.89 bits per heavy atom. The van der Waals surface area contributed by atoms with E-state index in [0.29, 0.717) is 19.6 Å². The Labute approximate surface area is 165 Å². The monoisotopic (exact) mass is 380 g/mol. The summed E-state index contributed by atoms with van der Waals surface area (Å²) in [7, 11) is 1.87. The largest absolute Gasteiger partial charge is 0.368 e. The molecule has 3 rings (SSSR count). The average Bonchev–Trinajstić information content (AvgIpc) is 3.11. The lowest BCUT2D eigenvalue weighted by Gasteiger charge is -2.13. The van der Waals surface area contributed by atoms with Crippen LogP contribution >= 0.6 is 0 Å². The van der Waals surface area contributed by atoms with E-state index in [9.17, 15) is 0 Å². The zero-order chi connectivity index (χ0) is 19.8. The van der Waals surface area contributed by atoms with E-state index >= 15 is 0 Å². The normalized spacial score (nSPS) is 11.6. The fourth-order valence-corrected chi connectivity index (χ4v) is 3.03. The van der Waals surface area contributed by atoms with E-state index in [-0.39, 0.29) is 0 Å². The molecule has 0 amide bonds. The van der Waals surface area contributed by atoms with Gasteiger partial charge >= 0.3 is 0 Å². The van der Waals surface area contributed by atoms with Crippen LogP contribution in [0.3, 0.4) is 0 Å². The predicted molar refractivity (Wildman–Crippen MR) is 113 cm³/mol. The van der Waals surface area contributed by atoms with E-state index in [1.807, 2.05) is 7.05 Å². The Hall–Kier alpha value is -3.16. The van der Waals surface area contributed by atoms with Gasteiger partial charge in [-0.05, 0) is 24.5 Å². The van der Waals surface area contributed by atoms with Crippen molar-refractivity contribution >= 4 is 22.8 Å². The van der Waals surface area contributed by atoms with Crippen molar-refractivity contribution in [3.63, 3.8) is 0 Å². The van der Waals surface area contributed by atoms with Gasteiger partial charge in [-0.3, -0.25) is 4.68 Å². The number of benzene rings is 1. The van der Waals surface area contributed by atoms with Gasteiger partial charge in [-0.25, -0.2) is 15.0 Å². The maximum atomic E-state index is 4.72. The lowest BCUT2D eigenvalue weighted by molar-refractivity contribution is 0.785. The van der Waals surface area contributed by atoms with Gasteiger partial charge in [0.15, 0.2) is 11.6 Å². The number of nitrogens with zero attached hydrogens (tertiary/aromatic N) is 5. The molecule has 8 heteroatoms. The first-order valence-electron chi connectivity index (χ1n) is 9.68. The average molecular weight is 381 g/mol. The summed E-state index contributed by atoms with van der Waals surface area (Å²) < 4.78 is 1.74. The van der Waals surface area contributed by atoms with Crippen LogP contribution in [-0.2, 0) is 20.0 Å². The maximum absolute atomic E-state index is 4.72. The van der Waals surface area contributed by atoms with Gasteiger partial charge in [0.05, 0.1) is 18.1 Å². The van der Waals surface area contributed by atoms with Crippen molar-refractivity contribution in [3.05, 3.63) is 47.9 Å². The highest BCUT2D eigenvalue weighted by molar-refractivity contribution is 5.86. The molecule has 0 saturated carbocycles. The molecule has 1 aromatic carbocycles. The lowest BCUT2D eigenvalue weighted by Crippen LogP contribution is -2.39. The van der Waals surface area contributed by atoms with Gasteiger partial charge in [0.1, 0.15) is 12.1 Å².